The van der Waals surface area contributed by atoms with Gasteiger partial charge in [0.05, 0.1) is 0 Å². The van der Waals surface area contributed by atoms with Crippen LogP contribution in [0.5, 0.6) is 0 Å². The van der Waals surface area contributed by atoms with Gasteiger partial charge in [0.1, 0.15) is 0 Å². The average molecular weight is 196 g/mol. The monoisotopic (exact) mass is 196 g/mol. The van der Waals surface area contributed by atoms with Gasteiger partial charge in [0, 0.05) is 12.1 Å². The largest absolute Gasteiger partial charge is 0.363 e. The van der Waals surface area contributed by atoms with Crippen LogP contribution in [-0.4, -0.2) is 16.5 Å². The van der Waals surface area contributed by atoms with Crippen molar-refractivity contribution in [1.82, 2.24) is 0 Å². The van der Waals surface area contributed by atoms with E-state index in [-0.39, 0.29) is 6.54 Å². The van der Waals surface area contributed by atoms with E-state index in [9.17, 15) is 0 Å². The Balaban J connectivity index is 2.68. The number of hydrogen-bond donors (Lipinski definition) is 2. The molecule has 0 aromatic carbocycles. The molecule has 1 unspecified atom stereocenters. The zero-order valence-corrected chi connectivity index (χ0v) is 8.72. The normalized spacial score (nSPS) is 13.2. The zero-order chi connectivity index (χ0) is 10.6. The lowest BCUT2D eigenvalue weighted by Crippen LogP contribution is -2.39. The maximum Gasteiger partial charge on any atom is 0.212 e. The summed E-state index contributed by atoms with van der Waals surface area (Å²) < 4.78 is 1.76. The Morgan fingerprint density at radius 3 is 2.29 bits per heavy atom. The number of aliphatic hydroxyl groups is 2. The van der Waals surface area contributed by atoms with Gasteiger partial charge in [0.2, 0.25) is 6.29 Å². The molecule has 1 atom stereocenters. The Labute approximate surface area is 84.6 Å². The van der Waals surface area contributed by atoms with E-state index in [1.165, 1.54) is 5.56 Å². The first-order valence-corrected chi connectivity index (χ1v) is 4.98. The predicted octanol–water partition coefficient (Wildman–Crippen LogP) is 0.798. The van der Waals surface area contributed by atoms with Crippen molar-refractivity contribution in [3.05, 3.63) is 30.1 Å². The Morgan fingerprint density at radius 1 is 1.29 bits per heavy atom. The van der Waals surface area contributed by atoms with Crippen molar-refractivity contribution in [2.24, 2.45) is 0 Å². The molecular weight excluding hydrogens is 178 g/mol. The molecule has 78 valence electrons. The van der Waals surface area contributed by atoms with E-state index in [1.807, 2.05) is 24.5 Å². The molecule has 3 heteroatoms. The summed E-state index contributed by atoms with van der Waals surface area (Å²) in [5.74, 6) is 0.559. The van der Waals surface area contributed by atoms with Crippen molar-refractivity contribution in [3.8, 4) is 0 Å². The van der Waals surface area contributed by atoms with Crippen LogP contribution in [0, 0.1) is 0 Å². The Hall–Kier alpha value is -0.930. The number of rotatable bonds is 4. The van der Waals surface area contributed by atoms with Gasteiger partial charge in [-0.05, 0) is 17.9 Å². The smallest absolute Gasteiger partial charge is 0.212 e. The van der Waals surface area contributed by atoms with Gasteiger partial charge in [0.15, 0.2) is 18.9 Å². The fourth-order valence-electron chi connectivity index (χ4n) is 1.34. The molecule has 2 N–H and O–H groups in total. The lowest BCUT2D eigenvalue weighted by Gasteiger charge is -2.07. The first-order valence-electron chi connectivity index (χ1n) is 4.98. The molecule has 0 radical (unpaired) electrons. The van der Waals surface area contributed by atoms with Crippen LogP contribution in [0.15, 0.2) is 24.5 Å². The van der Waals surface area contributed by atoms with Crippen LogP contribution in [-0.2, 0) is 6.54 Å². The van der Waals surface area contributed by atoms with Crippen LogP contribution in [0.1, 0.15) is 31.7 Å². The van der Waals surface area contributed by atoms with Crippen LogP contribution < -0.4 is 4.57 Å². The highest BCUT2D eigenvalue weighted by molar-refractivity contribution is 5.12. The second-order valence-corrected chi connectivity index (χ2v) is 3.62. The van der Waals surface area contributed by atoms with Gasteiger partial charge in [-0.1, -0.05) is 13.8 Å². The maximum atomic E-state index is 8.77. The van der Waals surface area contributed by atoms with Crippen LogP contribution in [0.25, 0.3) is 0 Å². The van der Waals surface area contributed by atoms with E-state index in [0.29, 0.717) is 5.92 Å². The van der Waals surface area contributed by atoms with Crippen molar-refractivity contribution in [3.63, 3.8) is 0 Å². The van der Waals surface area contributed by atoms with E-state index in [0.717, 1.165) is 6.42 Å². The van der Waals surface area contributed by atoms with Gasteiger partial charge in [0.25, 0.3) is 0 Å². The fraction of sp³-hybridized carbons (Fsp3) is 0.545. The molecule has 0 fully saturated rings. The summed E-state index contributed by atoms with van der Waals surface area (Å²) in [5.41, 5.74) is 1.29. The first-order chi connectivity index (χ1) is 6.63. The molecule has 0 spiro atoms. The fourth-order valence-corrected chi connectivity index (χ4v) is 1.34. The summed E-state index contributed by atoms with van der Waals surface area (Å²) in [4.78, 5) is 0. The number of aromatic nitrogens is 1. The van der Waals surface area contributed by atoms with Crippen molar-refractivity contribution in [1.29, 1.82) is 0 Å². The summed E-state index contributed by atoms with van der Waals surface area (Å²) in [6.07, 6.45) is 3.59. The summed E-state index contributed by atoms with van der Waals surface area (Å²) in [6.45, 7) is 4.56. The van der Waals surface area contributed by atoms with Crippen LogP contribution >= 0.6 is 0 Å². The standard InChI is InChI=1S/C11H18NO2/c1-3-9(2)10-4-6-12(7-5-10)8-11(13)14/h4-7,9,11,13-14H,3,8H2,1-2H3/q+1. The molecule has 0 aliphatic rings. The van der Waals surface area contributed by atoms with E-state index < -0.39 is 6.29 Å². The van der Waals surface area contributed by atoms with Crippen molar-refractivity contribution >= 4 is 0 Å². The summed E-state index contributed by atoms with van der Waals surface area (Å²) in [5, 5.41) is 17.5. The van der Waals surface area contributed by atoms with Crippen LogP contribution in [0.2, 0.25) is 0 Å². The van der Waals surface area contributed by atoms with Gasteiger partial charge in [-0.3, -0.25) is 0 Å². The lowest BCUT2D eigenvalue weighted by molar-refractivity contribution is -0.709. The third kappa shape index (κ3) is 3.09. The molecule has 0 aliphatic carbocycles. The highest BCUT2D eigenvalue weighted by Crippen LogP contribution is 2.16. The summed E-state index contributed by atoms with van der Waals surface area (Å²) >= 11 is 0. The Kier molecular flexibility index (Phi) is 4.04. The molecule has 0 amide bonds. The summed E-state index contributed by atoms with van der Waals surface area (Å²) in [6, 6.07) is 4.05. The molecule has 14 heavy (non-hydrogen) atoms. The third-order valence-electron chi connectivity index (χ3n) is 2.47. The number of pyridine rings is 1. The van der Waals surface area contributed by atoms with Crippen LogP contribution in [0.4, 0.5) is 0 Å². The second kappa shape index (κ2) is 5.08. The van der Waals surface area contributed by atoms with Crippen molar-refractivity contribution in [2.45, 2.75) is 39.0 Å². The van der Waals surface area contributed by atoms with E-state index in [2.05, 4.69) is 13.8 Å². The molecule has 3 nitrogen and oxygen atoms in total. The van der Waals surface area contributed by atoms with Gasteiger partial charge in [-0.2, -0.15) is 4.57 Å². The average Bonchev–Trinajstić information content (AvgIpc) is 2.17. The minimum Gasteiger partial charge on any atom is -0.363 e. The molecule has 1 rings (SSSR count). The molecule has 1 aromatic heterocycles. The van der Waals surface area contributed by atoms with Gasteiger partial charge in [-0.25, -0.2) is 0 Å². The summed E-state index contributed by atoms with van der Waals surface area (Å²) in [7, 11) is 0. The first kappa shape index (κ1) is 11.1. The minimum atomic E-state index is -1.28. The molecule has 1 aromatic rings. The highest BCUT2D eigenvalue weighted by atomic mass is 16.5. The van der Waals surface area contributed by atoms with Gasteiger partial charge < -0.3 is 10.2 Å². The molecule has 1 heterocycles. The lowest BCUT2D eigenvalue weighted by atomic mass is 10.0. The van der Waals surface area contributed by atoms with Gasteiger partial charge in [-0.15, -0.1) is 0 Å². The molecule has 0 saturated heterocycles. The number of hydrogen-bond acceptors (Lipinski definition) is 2. The van der Waals surface area contributed by atoms with Crippen LogP contribution in [0.3, 0.4) is 0 Å². The van der Waals surface area contributed by atoms with Crippen molar-refractivity contribution in [2.75, 3.05) is 0 Å². The third-order valence-corrected chi connectivity index (χ3v) is 2.47. The zero-order valence-electron chi connectivity index (χ0n) is 8.72. The van der Waals surface area contributed by atoms with E-state index in [1.54, 1.807) is 4.57 Å². The SMILES string of the molecule is CCC(C)c1cc[n+](CC(O)O)cc1. The maximum absolute atomic E-state index is 8.77. The van der Waals surface area contributed by atoms with E-state index >= 15 is 0 Å². The Morgan fingerprint density at radius 2 is 1.86 bits per heavy atom. The second-order valence-electron chi connectivity index (χ2n) is 3.62. The predicted molar refractivity (Wildman–Crippen MR) is 53.6 cm³/mol. The number of aliphatic hydroxyl groups excluding tert-OH is 1. The van der Waals surface area contributed by atoms with Gasteiger partial charge >= 0.3 is 0 Å². The molecule has 0 aliphatic heterocycles. The van der Waals surface area contributed by atoms with Crippen molar-refractivity contribution < 1.29 is 14.8 Å². The molecule has 0 bridgehead atoms. The Bertz CT molecular complexity index is 269. The molecular formula is C11H18NO2+. The molecule has 0 saturated carbocycles. The minimum absolute atomic E-state index is 0.223. The van der Waals surface area contributed by atoms with E-state index in [4.69, 9.17) is 10.2 Å². The topological polar surface area (TPSA) is 44.3 Å². The quantitative estimate of drug-likeness (QED) is 0.552. The highest BCUT2D eigenvalue weighted by Gasteiger charge is 2.08. The number of nitrogens with zero attached hydrogens (tertiary/aromatic N) is 1.